The molecule has 1 amide bonds. The molecule has 9 heteroatoms. The minimum absolute atomic E-state index is 0.00766. The van der Waals surface area contributed by atoms with Crippen LogP contribution in [-0.2, 0) is 20.8 Å². The predicted molar refractivity (Wildman–Crippen MR) is 141 cm³/mol. The predicted octanol–water partition coefficient (Wildman–Crippen LogP) is 3.09. The third-order valence-electron chi connectivity index (χ3n) is 8.57. The van der Waals surface area contributed by atoms with Gasteiger partial charge in [-0.1, -0.05) is 32.0 Å². The molecule has 0 aromatic heterocycles. The minimum Gasteiger partial charge on any atom is -0.508 e. The Morgan fingerprint density at radius 3 is 2.44 bits per heavy atom. The Morgan fingerprint density at radius 2 is 1.82 bits per heavy atom. The summed E-state index contributed by atoms with van der Waals surface area (Å²) >= 11 is 0. The number of ketones is 2. The summed E-state index contributed by atoms with van der Waals surface area (Å²) in [5.41, 5.74) is 4.84. The van der Waals surface area contributed by atoms with Crippen molar-refractivity contribution in [1.29, 1.82) is 0 Å². The number of primary amides is 1. The Labute approximate surface area is 224 Å². The first kappa shape index (κ1) is 26.4. The van der Waals surface area contributed by atoms with E-state index in [-0.39, 0.29) is 29.7 Å². The van der Waals surface area contributed by atoms with E-state index in [0.29, 0.717) is 22.3 Å². The van der Waals surface area contributed by atoms with Gasteiger partial charge in [0.15, 0.2) is 11.4 Å². The molecule has 2 aromatic carbocycles. The fourth-order valence-electron chi connectivity index (χ4n) is 6.69. The maximum Gasteiger partial charge on any atom is 0.255 e. The third-order valence-corrected chi connectivity index (χ3v) is 8.57. The van der Waals surface area contributed by atoms with Crippen molar-refractivity contribution in [3.63, 3.8) is 0 Å². The topological polar surface area (TPSA) is 175 Å². The van der Waals surface area contributed by atoms with Crippen LogP contribution in [-0.4, -0.2) is 49.8 Å². The van der Waals surface area contributed by atoms with Gasteiger partial charge in [0.2, 0.25) is 5.78 Å². The lowest BCUT2D eigenvalue weighted by molar-refractivity contribution is -0.155. The molecule has 3 aliphatic carbocycles. The van der Waals surface area contributed by atoms with Crippen LogP contribution in [0.5, 0.6) is 5.75 Å². The van der Waals surface area contributed by atoms with Gasteiger partial charge < -0.3 is 26.2 Å². The van der Waals surface area contributed by atoms with Crippen molar-refractivity contribution in [2.75, 3.05) is 0 Å². The van der Waals surface area contributed by atoms with Gasteiger partial charge in [0.05, 0.1) is 5.56 Å². The van der Waals surface area contributed by atoms with Crippen molar-refractivity contribution in [3.05, 3.63) is 69.5 Å². The smallest absolute Gasteiger partial charge is 0.255 e. The van der Waals surface area contributed by atoms with Gasteiger partial charge in [-0.05, 0) is 66.0 Å². The van der Waals surface area contributed by atoms with Gasteiger partial charge in [0.25, 0.3) is 5.91 Å². The zero-order valence-electron chi connectivity index (χ0n) is 21.7. The summed E-state index contributed by atoms with van der Waals surface area (Å²) in [5, 5.41) is 44.8. The van der Waals surface area contributed by atoms with E-state index in [2.05, 4.69) is 0 Å². The van der Waals surface area contributed by atoms with E-state index in [9.17, 15) is 39.6 Å². The molecular weight excluding hydrogens is 502 g/mol. The standard InChI is InChI=1S/C30H29NO8/c1-12(2)21-19-10-15-9-18-17(14-5-4-13(3)16(8-14)11-32)6-7-20(33)23(18)26(35)22(15)27(36)30(19,39)28(37)24(25(21)34)29(31)38/h4-8,11-12,15,19,21,33,35,37,39H,9-10H2,1-3H3,(H2,31,38)/t15-,19-,21-,30-/m0/s1. The molecule has 3 aliphatic rings. The SMILES string of the molecule is Cc1ccc(-c2ccc(O)c3c2C[C@H]2C[C@H]4[C@H](C(C)C)C(=O)C(C(N)=O)=C(O)[C@@]4(O)C(=O)C2=C3O)cc1C=O. The number of hydrogen-bond donors (Lipinski definition) is 5. The molecule has 6 N–H and O–H groups in total. The first-order chi connectivity index (χ1) is 18.3. The number of hydrogen-bond acceptors (Lipinski definition) is 8. The fraction of sp³-hybridized carbons (Fsp3) is 0.333. The van der Waals surface area contributed by atoms with Gasteiger partial charge >= 0.3 is 0 Å². The summed E-state index contributed by atoms with van der Waals surface area (Å²) < 4.78 is 0. The average Bonchev–Trinajstić information content (AvgIpc) is 2.86. The van der Waals surface area contributed by atoms with E-state index >= 15 is 0 Å². The first-order valence-electron chi connectivity index (χ1n) is 12.7. The van der Waals surface area contributed by atoms with Crippen LogP contribution in [0.25, 0.3) is 16.9 Å². The van der Waals surface area contributed by atoms with E-state index < -0.39 is 63.8 Å². The molecule has 9 nitrogen and oxygen atoms in total. The van der Waals surface area contributed by atoms with Gasteiger partial charge in [-0.25, -0.2) is 0 Å². The molecule has 39 heavy (non-hydrogen) atoms. The number of carbonyl (C=O) groups is 4. The third kappa shape index (κ3) is 3.56. The van der Waals surface area contributed by atoms with Crippen LogP contribution in [0.2, 0.25) is 0 Å². The minimum atomic E-state index is -2.65. The average molecular weight is 532 g/mol. The lowest BCUT2D eigenvalue weighted by Crippen LogP contribution is -2.62. The Kier molecular flexibility index (Phi) is 6.03. The summed E-state index contributed by atoms with van der Waals surface area (Å²) in [6.45, 7) is 5.23. The second-order valence-corrected chi connectivity index (χ2v) is 11.0. The highest BCUT2D eigenvalue weighted by Gasteiger charge is 2.64. The molecule has 0 heterocycles. The van der Waals surface area contributed by atoms with Gasteiger partial charge in [0, 0.05) is 23.0 Å². The molecule has 202 valence electrons. The number of fused-ring (bicyclic) bond motifs is 3. The van der Waals surface area contributed by atoms with E-state index in [0.717, 1.165) is 11.8 Å². The molecule has 1 fully saturated rings. The molecular formula is C30H29NO8. The second-order valence-electron chi connectivity index (χ2n) is 11.0. The summed E-state index contributed by atoms with van der Waals surface area (Å²) in [5.74, 6) is -8.11. The number of amides is 1. The molecule has 2 aromatic rings. The molecule has 0 bridgehead atoms. The number of aliphatic hydroxyl groups is 3. The molecule has 1 saturated carbocycles. The van der Waals surface area contributed by atoms with Crippen LogP contribution in [0.15, 0.2) is 47.2 Å². The van der Waals surface area contributed by atoms with E-state index in [4.69, 9.17) is 5.73 Å². The normalized spacial score (nSPS) is 26.3. The monoisotopic (exact) mass is 531 g/mol. The molecule has 5 rings (SSSR count). The number of aliphatic hydroxyl groups excluding tert-OH is 2. The zero-order valence-corrected chi connectivity index (χ0v) is 21.7. The number of aromatic hydroxyl groups is 1. The Bertz CT molecular complexity index is 1550. The van der Waals surface area contributed by atoms with Crippen LogP contribution in [0.3, 0.4) is 0 Å². The molecule has 4 atom stereocenters. The van der Waals surface area contributed by atoms with Crippen molar-refractivity contribution in [3.8, 4) is 16.9 Å². The van der Waals surface area contributed by atoms with E-state index in [1.807, 2.05) is 6.07 Å². The lowest BCUT2D eigenvalue weighted by Gasteiger charge is -2.50. The molecule has 0 aliphatic heterocycles. The van der Waals surface area contributed by atoms with Crippen LogP contribution < -0.4 is 5.73 Å². The number of aryl methyl sites for hydroxylation is 1. The van der Waals surface area contributed by atoms with Crippen molar-refractivity contribution in [2.45, 2.75) is 39.2 Å². The summed E-state index contributed by atoms with van der Waals surface area (Å²) in [7, 11) is 0. The maximum absolute atomic E-state index is 13.9. The van der Waals surface area contributed by atoms with Gasteiger partial charge in [-0.3, -0.25) is 19.2 Å². The fourth-order valence-corrected chi connectivity index (χ4v) is 6.69. The van der Waals surface area contributed by atoms with Gasteiger partial charge in [-0.15, -0.1) is 0 Å². The first-order valence-corrected chi connectivity index (χ1v) is 12.7. The van der Waals surface area contributed by atoms with E-state index in [1.54, 1.807) is 39.0 Å². The zero-order chi connectivity index (χ0) is 28.5. The van der Waals surface area contributed by atoms with Gasteiger partial charge in [0.1, 0.15) is 29.1 Å². The van der Waals surface area contributed by atoms with E-state index in [1.165, 1.54) is 6.07 Å². The van der Waals surface area contributed by atoms with Crippen molar-refractivity contribution < 1.29 is 39.6 Å². The van der Waals surface area contributed by atoms with Crippen LogP contribution in [0.1, 0.15) is 47.3 Å². The number of phenolic OH excluding ortho intramolecular Hbond substituents is 1. The Balaban J connectivity index is 1.74. The molecule has 0 unspecified atom stereocenters. The summed E-state index contributed by atoms with van der Waals surface area (Å²) in [6, 6.07) is 8.35. The Morgan fingerprint density at radius 1 is 1.13 bits per heavy atom. The number of carbonyl (C=O) groups excluding carboxylic acids is 4. The molecule has 0 saturated heterocycles. The molecule has 0 radical (unpaired) electrons. The quantitative estimate of drug-likeness (QED) is 0.295. The second kappa shape index (κ2) is 8.91. The van der Waals surface area contributed by atoms with Crippen LogP contribution >= 0.6 is 0 Å². The highest BCUT2D eigenvalue weighted by Crippen LogP contribution is 2.55. The van der Waals surface area contributed by atoms with Crippen molar-refractivity contribution in [1.82, 2.24) is 0 Å². The lowest BCUT2D eigenvalue weighted by atomic mass is 9.54. The summed E-state index contributed by atoms with van der Waals surface area (Å²) in [4.78, 5) is 50.9. The largest absolute Gasteiger partial charge is 0.508 e. The number of benzene rings is 2. The number of Topliss-reactive ketones (excluding diaryl/α,β-unsaturated/α-hetero) is 2. The number of rotatable bonds is 4. The summed E-state index contributed by atoms with van der Waals surface area (Å²) in [6.07, 6.45) is 0.954. The number of aldehydes is 1. The number of phenols is 1. The van der Waals surface area contributed by atoms with Crippen molar-refractivity contribution >= 4 is 29.5 Å². The molecule has 0 spiro atoms. The number of nitrogens with two attached hydrogens (primary N) is 1. The maximum atomic E-state index is 13.9. The highest BCUT2D eigenvalue weighted by molar-refractivity contribution is 6.23. The Hall–Kier alpha value is -4.24. The highest BCUT2D eigenvalue weighted by atomic mass is 16.3. The van der Waals surface area contributed by atoms with Gasteiger partial charge in [-0.2, -0.15) is 0 Å². The van der Waals surface area contributed by atoms with Crippen LogP contribution in [0, 0.1) is 30.6 Å². The van der Waals surface area contributed by atoms with Crippen molar-refractivity contribution in [2.24, 2.45) is 29.4 Å². The van der Waals surface area contributed by atoms with Crippen LogP contribution in [0.4, 0.5) is 0 Å².